The van der Waals surface area contributed by atoms with E-state index in [1.165, 1.54) is 0 Å². The van der Waals surface area contributed by atoms with Gasteiger partial charge in [0.25, 0.3) is 0 Å². The van der Waals surface area contributed by atoms with E-state index >= 15 is 0 Å². The Balaban J connectivity index is 0.000000291. The van der Waals surface area contributed by atoms with Crippen LogP contribution in [-0.2, 0) is 9.78 Å². The molecule has 1 fully saturated rings. The summed E-state index contributed by atoms with van der Waals surface area (Å²) in [5.41, 5.74) is 0. The Morgan fingerprint density at radius 3 is 2.33 bits per heavy atom. The minimum absolute atomic E-state index is 0.608. The molecule has 1 aliphatic heterocycles. The highest BCUT2D eigenvalue weighted by Crippen LogP contribution is 2.05. The summed E-state index contributed by atoms with van der Waals surface area (Å²) < 4.78 is 0. The second kappa shape index (κ2) is 6.01. The minimum atomic E-state index is -0.686. The molecule has 0 spiro atoms. The van der Waals surface area contributed by atoms with Crippen LogP contribution in [0.15, 0.2) is 0 Å². The molecule has 1 N–H and O–H groups in total. The van der Waals surface area contributed by atoms with Gasteiger partial charge in [0, 0.05) is 6.42 Å². The van der Waals surface area contributed by atoms with Crippen LogP contribution in [-0.4, -0.2) is 18.0 Å². The van der Waals surface area contributed by atoms with Crippen molar-refractivity contribution in [3.05, 3.63) is 0 Å². The van der Waals surface area contributed by atoms with Gasteiger partial charge >= 0.3 is 0 Å². The summed E-state index contributed by atoms with van der Waals surface area (Å²) >= 11 is 0. The predicted molar refractivity (Wildman–Crippen MR) is 33.6 cm³/mol. The highest BCUT2D eigenvalue weighted by Gasteiger charge is 2.09. The van der Waals surface area contributed by atoms with Gasteiger partial charge in [-0.15, -0.1) is 0 Å². The second-order valence-electron chi connectivity index (χ2n) is 1.52. The van der Waals surface area contributed by atoms with Gasteiger partial charge in [0.1, 0.15) is 0 Å². The molecule has 0 saturated carbocycles. The highest BCUT2D eigenvalue weighted by atomic mass is 17.2. The monoisotopic (exact) mass is 134 g/mol. The highest BCUT2D eigenvalue weighted by molar-refractivity contribution is 4.42. The number of hydrogen-bond donors (Lipinski definition) is 1. The normalized spacial score (nSPS) is 26.3. The van der Waals surface area contributed by atoms with Crippen molar-refractivity contribution in [3.8, 4) is 0 Å². The molecule has 1 rings (SSSR count). The summed E-state index contributed by atoms with van der Waals surface area (Å²) in [5, 5.41) is 8.56. The first-order valence-corrected chi connectivity index (χ1v) is 3.36. The Kier molecular flexibility index (Phi) is 5.93. The summed E-state index contributed by atoms with van der Waals surface area (Å²) in [6.07, 6.45) is 0.898. The molecule has 0 radical (unpaired) electrons. The van der Waals surface area contributed by atoms with Gasteiger partial charge in [0.15, 0.2) is 6.29 Å². The van der Waals surface area contributed by atoms with Crippen LogP contribution in [0.5, 0.6) is 0 Å². The predicted octanol–water partition coefficient (Wildman–Crippen LogP) is 1.07. The summed E-state index contributed by atoms with van der Waals surface area (Å²) in [6, 6.07) is 0. The van der Waals surface area contributed by atoms with E-state index in [0.29, 0.717) is 13.0 Å². The second-order valence-corrected chi connectivity index (χ2v) is 1.52. The molecule has 9 heavy (non-hydrogen) atoms. The van der Waals surface area contributed by atoms with Gasteiger partial charge in [-0.2, -0.15) is 0 Å². The van der Waals surface area contributed by atoms with Crippen molar-refractivity contribution in [3.63, 3.8) is 0 Å². The van der Waals surface area contributed by atoms with E-state index in [0.717, 1.165) is 6.42 Å². The van der Waals surface area contributed by atoms with Crippen molar-refractivity contribution >= 4 is 0 Å². The zero-order valence-electron chi connectivity index (χ0n) is 5.96. The average Bonchev–Trinajstić information content (AvgIpc) is 1.94. The molecule has 0 aliphatic carbocycles. The molecule has 0 bridgehead atoms. The summed E-state index contributed by atoms with van der Waals surface area (Å²) in [5.74, 6) is 0. The Labute approximate surface area is 55.5 Å². The third kappa shape index (κ3) is 4.39. The summed E-state index contributed by atoms with van der Waals surface area (Å²) in [4.78, 5) is 8.77. The van der Waals surface area contributed by atoms with Crippen LogP contribution < -0.4 is 0 Å². The van der Waals surface area contributed by atoms with Crippen LogP contribution in [0.3, 0.4) is 0 Å². The standard InChI is InChI=1S/C4H8O3.C2H6/c5-4-2-1-3-6-7-4;1-2/h4-5H,1-3H2;1-2H3. The first-order valence-electron chi connectivity index (χ1n) is 3.36. The van der Waals surface area contributed by atoms with Crippen LogP contribution in [0, 0.1) is 0 Å². The van der Waals surface area contributed by atoms with E-state index in [4.69, 9.17) is 5.11 Å². The molecule has 1 atom stereocenters. The summed E-state index contributed by atoms with van der Waals surface area (Å²) in [6.45, 7) is 4.61. The maximum atomic E-state index is 8.56. The zero-order valence-corrected chi connectivity index (χ0v) is 5.96. The number of rotatable bonds is 0. The van der Waals surface area contributed by atoms with Crippen molar-refractivity contribution in [1.82, 2.24) is 0 Å². The van der Waals surface area contributed by atoms with Crippen molar-refractivity contribution in [2.45, 2.75) is 33.0 Å². The summed E-state index contributed by atoms with van der Waals surface area (Å²) in [7, 11) is 0. The van der Waals surface area contributed by atoms with Crippen LogP contribution in [0.1, 0.15) is 26.7 Å². The third-order valence-corrected chi connectivity index (χ3v) is 0.858. The van der Waals surface area contributed by atoms with Gasteiger partial charge in [0.2, 0.25) is 0 Å². The number of aliphatic hydroxyl groups excluding tert-OH is 1. The van der Waals surface area contributed by atoms with Gasteiger partial charge in [-0.05, 0) is 6.42 Å². The van der Waals surface area contributed by atoms with Crippen LogP contribution >= 0.6 is 0 Å². The molecule has 1 unspecified atom stereocenters. The molecular weight excluding hydrogens is 120 g/mol. The molecule has 1 heterocycles. The Hall–Kier alpha value is -0.120. The fourth-order valence-electron chi connectivity index (χ4n) is 0.492. The molecule has 0 aromatic carbocycles. The van der Waals surface area contributed by atoms with Gasteiger partial charge in [-0.1, -0.05) is 13.8 Å². The van der Waals surface area contributed by atoms with Crippen LogP contribution in [0.25, 0.3) is 0 Å². The van der Waals surface area contributed by atoms with E-state index < -0.39 is 6.29 Å². The Morgan fingerprint density at radius 2 is 2.11 bits per heavy atom. The molecule has 3 heteroatoms. The molecule has 1 aliphatic rings. The molecule has 0 aromatic rings. The lowest BCUT2D eigenvalue weighted by Crippen LogP contribution is -2.18. The topological polar surface area (TPSA) is 38.7 Å². The fourth-order valence-corrected chi connectivity index (χ4v) is 0.492. The smallest absolute Gasteiger partial charge is 0.188 e. The molecule has 56 valence electrons. The van der Waals surface area contributed by atoms with Gasteiger partial charge < -0.3 is 5.11 Å². The maximum absolute atomic E-state index is 8.56. The van der Waals surface area contributed by atoms with Crippen molar-refractivity contribution in [2.75, 3.05) is 6.61 Å². The van der Waals surface area contributed by atoms with E-state index in [9.17, 15) is 0 Å². The third-order valence-electron chi connectivity index (χ3n) is 0.858. The van der Waals surface area contributed by atoms with Crippen molar-refractivity contribution in [1.29, 1.82) is 0 Å². The van der Waals surface area contributed by atoms with Gasteiger partial charge in [0.05, 0.1) is 6.61 Å². The van der Waals surface area contributed by atoms with E-state index in [2.05, 4.69) is 9.78 Å². The first-order chi connectivity index (χ1) is 4.39. The van der Waals surface area contributed by atoms with E-state index in [1.54, 1.807) is 0 Å². The largest absolute Gasteiger partial charge is 0.366 e. The molecule has 3 nitrogen and oxygen atoms in total. The number of hydrogen-bond acceptors (Lipinski definition) is 3. The molecule has 1 saturated heterocycles. The molecular formula is C6H14O3. The van der Waals surface area contributed by atoms with Gasteiger partial charge in [-0.3, -0.25) is 0 Å². The quantitative estimate of drug-likeness (QED) is 0.504. The molecule has 0 amide bonds. The zero-order chi connectivity index (χ0) is 7.11. The lowest BCUT2D eigenvalue weighted by atomic mass is 10.3. The fraction of sp³-hybridized carbons (Fsp3) is 1.00. The van der Waals surface area contributed by atoms with Crippen LogP contribution in [0.4, 0.5) is 0 Å². The van der Waals surface area contributed by atoms with E-state index in [1.807, 2.05) is 13.8 Å². The van der Waals surface area contributed by atoms with Gasteiger partial charge in [-0.25, -0.2) is 9.78 Å². The Morgan fingerprint density at radius 1 is 1.44 bits per heavy atom. The lowest BCUT2D eigenvalue weighted by Gasteiger charge is -2.14. The first kappa shape index (κ1) is 8.88. The Bertz CT molecular complexity index is 50.3. The van der Waals surface area contributed by atoms with Crippen molar-refractivity contribution in [2.24, 2.45) is 0 Å². The molecule has 0 aromatic heterocycles. The number of aliphatic hydroxyl groups is 1. The average molecular weight is 134 g/mol. The minimum Gasteiger partial charge on any atom is -0.366 e. The van der Waals surface area contributed by atoms with E-state index in [-0.39, 0.29) is 0 Å². The maximum Gasteiger partial charge on any atom is 0.188 e. The van der Waals surface area contributed by atoms with Crippen molar-refractivity contribution < 1.29 is 14.9 Å². The lowest BCUT2D eigenvalue weighted by molar-refractivity contribution is -0.389. The SMILES string of the molecule is CC.OC1CCCOO1. The van der Waals surface area contributed by atoms with Crippen LogP contribution in [0.2, 0.25) is 0 Å².